The van der Waals surface area contributed by atoms with Gasteiger partial charge in [-0.1, -0.05) is 5.16 Å². The topological polar surface area (TPSA) is 70.8 Å². The highest BCUT2D eigenvalue weighted by Gasteiger charge is 2.28. The number of nitrogens with one attached hydrogen (secondary N) is 1. The number of hydrogen-bond donors (Lipinski definition) is 1. The van der Waals surface area contributed by atoms with Crippen molar-refractivity contribution in [2.24, 2.45) is 0 Å². The number of carbonyl (C=O) groups excluding carboxylic acids is 1. The summed E-state index contributed by atoms with van der Waals surface area (Å²) in [5.41, 5.74) is 3.70. The van der Waals surface area contributed by atoms with Gasteiger partial charge in [-0.25, -0.2) is 0 Å². The third kappa shape index (κ3) is 2.95. The van der Waals surface area contributed by atoms with E-state index in [0.717, 1.165) is 60.3 Å². The molecule has 2 aromatic rings. The molecule has 1 amide bonds. The molecule has 132 valence electrons. The van der Waals surface area contributed by atoms with Gasteiger partial charge >= 0.3 is 0 Å². The van der Waals surface area contributed by atoms with Crippen molar-refractivity contribution in [1.29, 1.82) is 0 Å². The van der Waals surface area contributed by atoms with Crippen LogP contribution < -0.4 is 19.9 Å². The lowest BCUT2D eigenvalue weighted by atomic mass is 10.1. The van der Waals surface area contributed by atoms with Crippen molar-refractivity contribution in [2.45, 2.75) is 20.4 Å². The summed E-state index contributed by atoms with van der Waals surface area (Å²) in [6.07, 6.45) is 0. The van der Waals surface area contributed by atoms with E-state index in [4.69, 9.17) is 9.26 Å². The largest absolute Gasteiger partial charge is 0.481 e. The predicted molar refractivity (Wildman–Crippen MR) is 94.2 cm³/mol. The molecule has 3 heterocycles. The number of carbonyl (C=O) groups is 1. The molecule has 1 N–H and O–H groups in total. The van der Waals surface area contributed by atoms with Crippen LogP contribution in [0, 0.1) is 13.8 Å². The number of hydrogen-bond acceptors (Lipinski definition) is 6. The van der Waals surface area contributed by atoms with E-state index < -0.39 is 0 Å². The molecule has 0 atom stereocenters. The maximum absolute atomic E-state index is 12.4. The number of rotatable bonds is 3. The lowest BCUT2D eigenvalue weighted by Crippen LogP contribution is -2.43. The van der Waals surface area contributed by atoms with E-state index in [-0.39, 0.29) is 12.5 Å². The Morgan fingerprint density at radius 3 is 2.76 bits per heavy atom. The van der Waals surface area contributed by atoms with Crippen LogP contribution in [0.15, 0.2) is 22.7 Å². The number of piperazine rings is 1. The minimum atomic E-state index is -0.0533. The third-order valence-corrected chi connectivity index (χ3v) is 4.87. The van der Waals surface area contributed by atoms with Crippen LogP contribution in [-0.4, -0.2) is 43.8 Å². The highest BCUT2D eigenvalue weighted by molar-refractivity contribution is 5.98. The van der Waals surface area contributed by atoms with Gasteiger partial charge in [0.15, 0.2) is 6.61 Å². The first kappa shape index (κ1) is 16.0. The van der Waals surface area contributed by atoms with Crippen molar-refractivity contribution in [3.63, 3.8) is 0 Å². The average Bonchev–Trinajstić information content (AvgIpc) is 2.96. The molecule has 0 radical (unpaired) electrons. The second kappa shape index (κ2) is 6.40. The molecule has 1 saturated heterocycles. The van der Waals surface area contributed by atoms with Crippen LogP contribution in [0.1, 0.15) is 17.0 Å². The van der Waals surface area contributed by atoms with Crippen LogP contribution in [0.4, 0.5) is 11.4 Å². The molecule has 7 nitrogen and oxygen atoms in total. The van der Waals surface area contributed by atoms with Gasteiger partial charge in [0.2, 0.25) is 0 Å². The van der Waals surface area contributed by atoms with E-state index in [0.29, 0.717) is 6.54 Å². The zero-order chi connectivity index (χ0) is 17.4. The number of amides is 1. The highest BCUT2D eigenvalue weighted by atomic mass is 16.5. The summed E-state index contributed by atoms with van der Waals surface area (Å²) in [4.78, 5) is 16.5. The Morgan fingerprint density at radius 2 is 2.04 bits per heavy atom. The SMILES string of the molecule is Cc1noc(C)c1CN1C(=O)COc2cc(N3CCNCC3)ccc21. The quantitative estimate of drug-likeness (QED) is 0.914. The number of nitrogens with zero attached hydrogens (tertiary/aromatic N) is 3. The van der Waals surface area contributed by atoms with Gasteiger partial charge < -0.3 is 24.4 Å². The summed E-state index contributed by atoms with van der Waals surface area (Å²) in [6, 6.07) is 6.07. The Hall–Kier alpha value is -2.54. The maximum Gasteiger partial charge on any atom is 0.265 e. The van der Waals surface area contributed by atoms with E-state index in [1.165, 1.54) is 0 Å². The molecule has 7 heteroatoms. The lowest BCUT2D eigenvalue weighted by molar-refractivity contribution is -0.121. The molecule has 0 spiro atoms. The monoisotopic (exact) mass is 342 g/mol. The minimum absolute atomic E-state index is 0.0533. The van der Waals surface area contributed by atoms with Crippen LogP contribution >= 0.6 is 0 Å². The van der Waals surface area contributed by atoms with Crippen molar-refractivity contribution >= 4 is 17.3 Å². The molecule has 0 aliphatic carbocycles. The molecule has 0 unspecified atom stereocenters. The molecule has 25 heavy (non-hydrogen) atoms. The maximum atomic E-state index is 12.4. The van der Waals surface area contributed by atoms with Crippen LogP contribution in [0.5, 0.6) is 5.75 Å². The Labute approximate surface area is 146 Å². The normalized spacial score (nSPS) is 17.4. The fraction of sp³-hybridized carbons (Fsp3) is 0.444. The Morgan fingerprint density at radius 1 is 1.24 bits per heavy atom. The summed E-state index contributed by atoms with van der Waals surface area (Å²) in [5, 5.41) is 7.34. The Balaban J connectivity index is 1.63. The van der Waals surface area contributed by atoms with Crippen LogP contribution in [0.2, 0.25) is 0 Å². The lowest BCUT2D eigenvalue weighted by Gasteiger charge is -2.33. The second-order valence-corrected chi connectivity index (χ2v) is 6.46. The number of ether oxygens (including phenoxy) is 1. The van der Waals surface area contributed by atoms with E-state index in [1.807, 2.05) is 26.0 Å². The molecule has 1 aromatic heterocycles. The number of aromatic nitrogens is 1. The van der Waals surface area contributed by atoms with E-state index in [2.05, 4.69) is 21.4 Å². The Kier molecular flexibility index (Phi) is 4.09. The van der Waals surface area contributed by atoms with Gasteiger partial charge in [-0.05, 0) is 26.0 Å². The van der Waals surface area contributed by atoms with Crippen LogP contribution in [0.25, 0.3) is 0 Å². The summed E-state index contributed by atoms with van der Waals surface area (Å²) < 4.78 is 10.9. The zero-order valence-electron chi connectivity index (χ0n) is 14.5. The van der Waals surface area contributed by atoms with Gasteiger partial charge in [-0.2, -0.15) is 0 Å². The number of benzene rings is 1. The fourth-order valence-electron chi connectivity index (χ4n) is 3.37. The summed E-state index contributed by atoms with van der Waals surface area (Å²) in [6.45, 7) is 8.18. The molecular weight excluding hydrogens is 320 g/mol. The minimum Gasteiger partial charge on any atom is -0.481 e. The molecule has 1 fully saturated rings. The standard InChI is InChI=1S/C18H22N4O3/c1-12-15(13(2)25-20-12)10-22-16-4-3-14(21-7-5-19-6-8-21)9-17(16)24-11-18(22)23/h3-4,9,19H,5-8,10-11H2,1-2H3. The first-order chi connectivity index (χ1) is 12.1. The fourth-order valence-corrected chi connectivity index (χ4v) is 3.37. The van der Waals surface area contributed by atoms with Gasteiger partial charge in [0.1, 0.15) is 11.5 Å². The van der Waals surface area contributed by atoms with Crippen LogP contribution in [0.3, 0.4) is 0 Å². The summed E-state index contributed by atoms with van der Waals surface area (Å²) in [7, 11) is 0. The van der Waals surface area contributed by atoms with Gasteiger partial charge in [-0.15, -0.1) is 0 Å². The average molecular weight is 342 g/mol. The van der Waals surface area contributed by atoms with Crippen molar-refractivity contribution in [3.05, 3.63) is 35.2 Å². The number of fused-ring (bicyclic) bond motifs is 1. The van der Waals surface area contributed by atoms with Gasteiger partial charge in [0.05, 0.1) is 17.9 Å². The van der Waals surface area contributed by atoms with Crippen LogP contribution in [-0.2, 0) is 11.3 Å². The van der Waals surface area contributed by atoms with Gasteiger partial charge in [0.25, 0.3) is 5.91 Å². The third-order valence-electron chi connectivity index (χ3n) is 4.87. The van der Waals surface area contributed by atoms with Crippen molar-refractivity contribution in [2.75, 3.05) is 42.6 Å². The molecule has 0 bridgehead atoms. The van der Waals surface area contributed by atoms with E-state index in [9.17, 15) is 4.79 Å². The van der Waals surface area contributed by atoms with E-state index >= 15 is 0 Å². The van der Waals surface area contributed by atoms with Crippen molar-refractivity contribution in [3.8, 4) is 5.75 Å². The molecule has 2 aliphatic rings. The first-order valence-corrected chi connectivity index (χ1v) is 8.58. The highest BCUT2D eigenvalue weighted by Crippen LogP contribution is 2.37. The Bertz CT molecular complexity index is 776. The summed E-state index contributed by atoms with van der Waals surface area (Å²) in [5.74, 6) is 1.44. The molecule has 2 aliphatic heterocycles. The van der Waals surface area contributed by atoms with Gasteiger partial charge in [-0.3, -0.25) is 4.79 Å². The van der Waals surface area contributed by atoms with Crippen molar-refractivity contribution < 1.29 is 14.1 Å². The first-order valence-electron chi connectivity index (χ1n) is 8.58. The second-order valence-electron chi connectivity index (χ2n) is 6.46. The summed E-state index contributed by atoms with van der Waals surface area (Å²) >= 11 is 0. The molecule has 4 rings (SSSR count). The number of aryl methyl sites for hydroxylation is 2. The number of anilines is 2. The smallest absolute Gasteiger partial charge is 0.265 e. The molecular formula is C18H22N4O3. The van der Waals surface area contributed by atoms with Gasteiger partial charge in [0, 0.05) is 43.5 Å². The molecule has 0 saturated carbocycles. The zero-order valence-corrected chi connectivity index (χ0v) is 14.5. The predicted octanol–water partition coefficient (Wildman–Crippen LogP) is 1.63. The molecule has 1 aromatic carbocycles. The van der Waals surface area contributed by atoms with E-state index in [1.54, 1.807) is 4.90 Å². The van der Waals surface area contributed by atoms with Crippen molar-refractivity contribution in [1.82, 2.24) is 10.5 Å².